The van der Waals surface area contributed by atoms with Crippen LogP contribution in [-0.4, -0.2) is 31.3 Å². The molecule has 0 amide bonds. The Hall–Kier alpha value is -0.490. The second-order valence-corrected chi connectivity index (χ2v) is 11.6. The average Bonchev–Trinajstić information content (AvgIpc) is 2.53. The SMILES string of the molecule is CC(C)=CCC[C@H](C)CCOC(Cc1ccc(Cl)cc1)(P(=O)(O)O)P(=O)(O)O. The lowest BCUT2D eigenvalue weighted by Crippen LogP contribution is -2.36. The van der Waals surface area contributed by atoms with E-state index in [2.05, 4.69) is 6.08 Å². The van der Waals surface area contributed by atoms with Gasteiger partial charge in [0.1, 0.15) is 0 Å². The molecule has 10 heteroatoms. The summed E-state index contributed by atoms with van der Waals surface area (Å²) >= 11 is 5.80. The van der Waals surface area contributed by atoms with Gasteiger partial charge in [0.2, 0.25) is 0 Å². The second kappa shape index (κ2) is 10.5. The fourth-order valence-corrected chi connectivity index (χ4v) is 5.47. The number of allylic oxidation sites excluding steroid dienone is 2. The van der Waals surface area contributed by atoms with E-state index in [1.165, 1.54) is 29.8 Å². The summed E-state index contributed by atoms with van der Waals surface area (Å²) in [6.45, 7) is 5.77. The molecule has 0 fully saturated rings. The van der Waals surface area contributed by atoms with E-state index < -0.39 is 26.7 Å². The Kier molecular flexibility index (Phi) is 9.59. The van der Waals surface area contributed by atoms with Gasteiger partial charge < -0.3 is 24.3 Å². The molecule has 0 saturated carbocycles. The van der Waals surface area contributed by atoms with Crippen LogP contribution in [0.3, 0.4) is 0 Å². The van der Waals surface area contributed by atoms with Crippen LogP contribution in [0, 0.1) is 5.92 Å². The molecule has 160 valence electrons. The third-order valence-electron chi connectivity index (χ3n) is 4.41. The zero-order valence-corrected chi connectivity index (χ0v) is 18.8. The first kappa shape index (κ1) is 25.5. The number of halogens is 1. The Morgan fingerprint density at radius 1 is 1.11 bits per heavy atom. The lowest BCUT2D eigenvalue weighted by Gasteiger charge is -2.34. The molecule has 0 saturated heterocycles. The van der Waals surface area contributed by atoms with Gasteiger partial charge in [-0.05, 0) is 56.7 Å². The van der Waals surface area contributed by atoms with E-state index in [-0.39, 0.29) is 12.5 Å². The molecule has 4 N–H and O–H groups in total. The zero-order valence-electron chi connectivity index (χ0n) is 16.3. The third kappa shape index (κ3) is 7.40. The van der Waals surface area contributed by atoms with Crippen molar-refractivity contribution < 1.29 is 33.4 Å². The molecule has 0 aromatic heterocycles. The maximum absolute atomic E-state index is 12.1. The summed E-state index contributed by atoms with van der Waals surface area (Å²) in [6.07, 6.45) is 3.57. The van der Waals surface area contributed by atoms with Crippen LogP contribution in [0.15, 0.2) is 35.9 Å². The van der Waals surface area contributed by atoms with E-state index in [0.717, 1.165) is 12.8 Å². The van der Waals surface area contributed by atoms with Crippen LogP contribution in [0.1, 0.15) is 45.6 Å². The predicted molar refractivity (Wildman–Crippen MR) is 110 cm³/mol. The van der Waals surface area contributed by atoms with Crippen LogP contribution in [0.4, 0.5) is 0 Å². The summed E-state index contributed by atoms with van der Waals surface area (Å²) < 4.78 is 29.6. The van der Waals surface area contributed by atoms with Crippen LogP contribution in [0.5, 0.6) is 0 Å². The van der Waals surface area contributed by atoms with Gasteiger partial charge in [0.15, 0.2) is 0 Å². The fraction of sp³-hybridized carbons (Fsp3) is 0.556. The second-order valence-electron chi connectivity index (χ2n) is 7.24. The van der Waals surface area contributed by atoms with Gasteiger partial charge in [0.25, 0.3) is 5.08 Å². The molecule has 0 aliphatic rings. The largest absolute Gasteiger partial charge is 0.370 e. The van der Waals surface area contributed by atoms with Gasteiger partial charge in [-0.1, -0.05) is 42.3 Å². The summed E-state index contributed by atoms with van der Waals surface area (Å²) in [5, 5.41) is -2.53. The van der Waals surface area contributed by atoms with Gasteiger partial charge in [0.05, 0.1) is 0 Å². The minimum absolute atomic E-state index is 0.164. The number of rotatable bonds is 11. The highest BCUT2D eigenvalue weighted by Crippen LogP contribution is 2.70. The lowest BCUT2D eigenvalue weighted by atomic mass is 10.0. The van der Waals surface area contributed by atoms with Crippen molar-refractivity contribution in [3.8, 4) is 0 Å². The molecule has 1 aromatic rings. The molecule has 0 unspecified atom stereocenters. The van der Waals surface area contributed by atoms with Crippen molar-refractivity contribution in [2.75, 3.05) is 6.61 Å². The normalized spacial score (nSPS) is 14.0. The Morgan fingerprint density at radius 2 is 1.64 bits per heavy atom. The topological polar surface area (TPSA) is 124 Å². The highest BCUT2D eigenvalue weighted by Gasteiger charge is 2.61. The van der Waals surface area contributed by atoms with Crippen molar-refractivity contribution in [1.29, 1.82) is 0 Å². The van der Waals surface area contributed by atoms with E-state index in [1.807, 2.05) is 20.8 Å². The molecule has 1 aromatic carbocycles. The first-order valence-corrected chi connectivity index (χ1v) is 12.5. The summed E-state index contributed by atoms with van der Waals surface area (Å²) in [5.41, 5.74) is 1.50. The third-order valence-corrected chi connectivity index (χ3v) is 8.62. The molecule has 0 aliphatic heterocycles. The molecule has 28 heavy (non-hydrogen) atoms. The Labute approximate surface area is 171 Å². The Balaban J connectivity index is 2.98. The van der Waals surface area contributed by atoms with E-state index in [1.54, 1.807) is 0 Å². The van der Waals surface area contributed by atoms with Crippen LogP contribution in [0.25, 0.3) is 0 Å². The fourth-order valence-electron chi connectivity index (χ4n) is 2.69. The molecule has 1 atom stereocenters. The average molecular weight is 455 g/mol. The minimum Gasteiger partial charge on any atom is -0.352 e. The summed E-state index contributed by atoms with van der Waals surface area (Å²) in [6, 6.07) is 5.86. The maximum Gasteiger partial charge on any atom is 0.370 e. The van der Waals surface area contributed by atoms with Gasteiger partial charge in [0, 0.05) is 18.1 Å². The van der Waals surface area contributed by atoms with E-state index in [4.69, 9.17) is 16.3 Å². The van der Waals surface area contributed by atoms with Crippen LogP contribution in [-0.2, 0) is 20.3 Å². The highest BCUT2D eigenvalue weighted by atomic mass is 35.5. The van der Waals surface area contributed by atoms with Crippen LogP contribution < -0.4 is 0 Å². The molecule has 0 bridgehead atoms. The van der Waals surface area contributed by atoms with Crippen LogP contribution >= 0.6 is 26.8 Å². The number of hydrogen-bond donors (Lipinski definition) is 4. The molecule has 0 heterocycles. The van der Waals surface area contributed by atoms with Crippen molar-refractivity contribution in [2.24, 2.45) is 5.92 Å². The van der Waals surface area contributed by atoms with E-state index >= 15 is 0 Å². The van der Waals surface area contributed by atoms with Gasteiger partial charge in [-0.15, -0.1) is 0 Å². The molecule has 0 radical (unpaired) electrons. The Morgan fingerprint density at radius 3 is 2.11 bits per heavy atom. The summed E-state index contributed by atoms with van der Waals surface area (Å²) in [5.74, 6) is 0.164. The Bertz CT molecular complexity index is 726. The monoisotopic (exact) mass is 454 g/mol. The van der Waals surface area contributed by atoms with E-state index in [0.29, 0.717) is 17.0 Å². The molecule has 0 spiro atoms. The summed E-state index contributed by atoms with van der Waals surface area (Å²) in [4.78, 5) is 39.2. The van der Waals surface area contributed by atoms with Crippen molar-refractivity contribution in [1.82, 2.24) is 0 Å². The first-order chi connectivity index (χ1) is 12.8. The van der Waals surface area contributed by atoms with Crippen molar-refractivity contribution >= 4 is 26.8 Å². The number of hydrogen-bond acceptors (Lipinski definition) is 3. The zero-order chi connectivity index (χ0) is 21.6. The molecular weight excluding hydrogens is 426 g/mol. The van der Waals surface area contributed by atoms with Gasteiger partial charge in [-0.3, -0.25) is 9.13 Å². The van der Waals surface area contributed by atoms with Crippen molar-refractivity contribution in [2.45, 2.75) is 51.5 Å². The number of ether oxygens (including phenoxy) is 1. The van der Waals surface area contributed by atoms with Gasteiger partial charge in [-0.2, -0.15) is 0 Å². The standard InChI is InChI=1S/C18H29ClO7P2/c1-14(2)5-4-6-15(3)11-12-26-18(27(20,21)22,28(23,24)25)13-16-7-9-17(19)10-8-16/h5,7-10,15H,4,6,11-13H2,1-3H3,(H2,20,21,22)(H2,23,24,25)/t15-/m0/s1. The van der Waals surface area contributed by atoms with E-state index in [9.17, 15) is 28.7 Å². The lowest BCUT2D eigenvalue weighted by molar-refractivity contribution is 0.0299. The van der Waals surface area contributed by atoms with Crippen molar-refractivity contribution in [3.05, 3.63) is 46.5 Å². The van der Waals surface area contributed by atoms with Gasteiger partial charge in [-0.25, -0.2) is 0 Å². The quantitative estimate of drug-likeness (QED) is 0.282. The maximum atomic E-state index is 12.1. The predicted octanol–water partition coefficient (Wildman–Crippen LogP) is 4.68. The highest BCUT2D eigenvalue weighted by molar-refractivity contribution is 7.72. The molecule has 1 rings (SSSR count). The first-order valence-electron chi connectivity index (χ1n) is 8.91. The molecule has 7 nitrogen and oxygen atoms in total. The number of benzene rings is 1. The van der Waals surface area contributed by atoms with Crippen molar-refractivity contribution in [3.63, 3.8) is 0 Å². The van der Waals surface area contributed by atoms with Gasteiger partial charge >= 0.3 is 15.2 Å². The van der Waals surface area contributed by atoms with Crippen LogP contribution in [0.2, 0.25) is 5.02 Å². The summed E-state index contributed by atoms with van der Waals surface area (Å²) in [7, 11) is -10.7. The molecular formula is C18H29ClO7P2. The smallest absolute Gasteiger partial charge is 0.352 e. The minimum atomic E-state index is -5.33. The molecule has 0 aliphatic carbocycles.